The van der Waals surface area contributed by atoms with Gasteiger partial charge in [0.25, 0.3) is 0 Å². The van der Waals surface area contributed by atoms with Crippen LogP contribution in [-0.2, 0) is 6.42 Å². The van der Waals surface area contributed by atoms with E-state index >= 15 is 0 Å². The van der Waals surface area contributed by atoms with Gasteiger partial charge in [0.15, 0.2) is 0 Å². The third-order valence-corrected chi connectivity index (χ3v) is 3.82. The zero-order chi connectivity index (χ0) is 13.0. The molecule has 0 fully saturated rings. The maximum Gasteiger partial charge on any atom is 0.142 e. The van der Waals surface area contributed by atoms with Gasteiger partial charge in [0, 0.05) is 17.6 Å². The van der Waals surface area contributed by atoms with E-state index in [0.717, 1.165) is 29.4 Å². The number of aromatic nitrogens is 2. The van der Waals surface area contributed by atoms with Crippen molar-refractivity contribution in [3.63, 3.8) is 0 Å². The van der Waals surface area contributed by atoms with Crippen molar-refractivity contribution in [3.05, 3.63) is 35.0 Å². The first-order valence-corrected chi connectivity index (χ1v) is 7.27. The number of pyridine rings is 1. The van der Waals surface area contributed by atoms with Gasteiger partial charge in [-0.15, -0.1) is 11.3 Å². The van der Waals surface area contributed by atoms with Crippen molar-refractivity contribution in [2.75, 3.05) is 6.54 Å². The molecule has 0 saturated carbocycles. The van der Waals surface area contributed by atoms with Crippen molar-refractivity contribution in [2.45, 2.75) is 33.2 Å². The van der Waals surface area contributed by atoms with Crippen LogP contribution in [0.1, 0.15) is 38.1 Å². The number of nitrogens with one attached hydrogen (secondary N) is 1. The number of hydrogen-bond acceptors (Lipinski definition) is 4. The Hall–Kier alpha value is -1.26. The van der Waals surface area contributed by atoms with Gasteiger partial charge < -0.3 is 5.32 Å². The Balaban J connectivity index is 2.29. The Morgan fingerprint density at radius 3 is 2.94 bits per heavy atom. The molecule has 1 atom stereocenters. The lowest BCUT2D eigenvalue weighted by Gasteiger charge is -2.08. The Morgan fingerprint density at radius 2 is 2.22 bits per heavy atom. The first-order chi connectivity index (χ1) is 8.76. The van der Waals surface area contributed by atoms with Crippen LogP contribution in [-0.4, -0.2) is 16.5 Å². The molecule has 2 aromatic rings. The smallest absolute Gasteiger partial charge is 0.142 e. The molecule has 0 saturated heterocycles. The third-order valence-electron chi connectivity index (χ3n) is 2.95. The molecular weight excluding hydrogens is 242 g/mol. The van der Waals surface area contributed by atoms with Gasteiger partial charge in [-0.2, -0.15) is 0 Å². The van der Waals surface area contributed by atoms with Crippen molar-refractivity contribution < 1.29 is 0 Å². The van der Waals surface area contributed by atoms with Crippen LogP contribution < -0.4 is 5.32 Å². The highest BCUT2D eigenvalue weighted by Crippen LogP contribution is 2.27. The van der Waals surface area contributed by atoms with E-state index in [4.69, 9.17) is 4.98 Å². The van der Waals surface area contributed by atoms with Crippen LogP contribution in [0.3, 0.4) is 0 Å². The molecule has 0 aliphatic carbocycles. The van der Waals surface area contributed by atoms with Crippen LogP contribution in [0.2, 0.25) is 0 Å². The zero-order valence-electron chi connectivity index (χ0n) is 11.1. The lowest BCUT2D eigenvalue weighted by atomic mass is 10.1. The number of nitrogens with zero attached hydrogens (tertiary/aromatic N) is 2. The zero-order valence-corrected chi connectivity index (χ0v) is 11.9. The summed E-state index contributed by atoms with van der Waals surface area (Å²) < 4.78 is 0. The van der Waals surface area contributed by atoms with Crippen molar-refractivity contribution >= 4 is 11.3 Å². The fraction of sp³-hybridized carbons (Fsp3) is 0.429. The van der Waals surface area contributed by atoms with Gasteiger partial charge in [-0.1, -0.05) is 19.9 Å². The van der Waals surface area contributed by atoms with Gasteiger partial charge in [-0.25, -0.2) is 4.98 Å². The molecule has 3 nitrogen and oxygen atoms in total. The predicted octanol–water partition coefficient (Wildman–Crippen LogP) is 3.44. The second-order valence-electron chi connectivity index (χ2n) is 4.22. The van der Waals surface area contributed by atoms with E-state index in [0.29, 0.717) is 6.04 Å². The maximum atomic E-state index is 4.70. The largest absolute Gasteiger partial charge is 0.309 e. The molecule has 0 bridgehead atoms. The van der Waals surface area contributed by atoms with E-state index < -0.39 is 0 Å². The highest BCUT2D eigenvalue weighted by atomic mass is 32.1. The first-order valence-electron chi connectivity index (χ1n) is 6.39. The fourth-order valence-corrected chi connectivity index (χ4v) is 2.86. The number of hydrogen-bond donors (Lipinski definition) is 1. The second kappa shape index (κ2) is 6.07. The summed E-state index contributed by atoms with van der Waals surface area (Å²) in [5.74, 6) is 0. The summed E-state index contributed by atoms with van der Waals surface area (Å²) >= 11 is 1.67. The summed E-state index contributed by atoms with van der Waals surface area (Å²) in [7, 11) is 0. The molecule has 96 valence electrons. The monoisotopic (exact) mass is 261 g/mol. The Bertz CT molecular complexity index is 507. The fourth-order valence-electron chi connectivity index (χ4n) is 1.92. The summed E-state index contributed by atoms with van der Waals surface area (Å²) in [6, 6.07) is 4.41. The van der Waals surface area contributed by atoms with Gasteiger partial charge >= 0.3 is 0 Å². The van der Waals surface area contributed by atoms with E-state index in [1.165, 1.54) is 5.56 Å². The van der Waals surface area contributed by atoms with Gasteiger partial charge in [0.1, 0.15) is 10.7 Å². The molecule has 1 N–H and O–H groups in total. The average Bonchev–Trinajstić information content (AvgIpc) is 2.88. The van der Waals surface area contributed by atoms with Crippen LogP contribution in [0.5, 0.6) is 0 Å². The van der Waals surface area contributed by atoms with E-state index in [1.807, 2.05) is 12.3 Å². The standard InChI is InChI=1S/C14H19N3S/c1-4-11-7-6-8-16-13(11)14-17-12(9-18-14)10(3)15-5-2/h6-10,15H,4-5H2,1-3H3. The Kier molecular flexibility index (Phi) is 4.44. The average molecular weight is 261 g/mol. The molecule has 2 aromatic heterocycles. The Morgan fingerprint density at radius 1 is 1.39 bits per heavy atom. The lowest BCUT2D eigenvalue weighted by molar-refractivity contribution is 0.586. The number of aryl methyl sites for hydroxylation is 1. The normalized spacial score (nSPS) is 12.6. The predicted molar refractivity (Wildman–Crippen MR) is 76.8 cm³/mol. The molecular formula is C14H19N3S. The molecule has 2 heterocycles. The Labute approximate surface area is 112 Å². The van der Waals surface area contributed by atoms with E-state index in [9.17, 15) is 0 Å². The third kappa shape index (κ3) is 2.76. The minimum absolute atomic E-state index is 0.300. The number of rotatable bonds is 5. The minimum atomic E-state index is 0.300. The summed E-state index contributed by atoms with van der Waals surface area (Å²) in [6.45, 7) is 7.35. The van der Waals surface area contributed by atoms with Crippen LogP contribution in [0.25, 0.3) is 10.7 Å². The maximum absolute atomic E-state index is 4.70. The van der Waals surface area contributed by atoms with Gasteiger partial charge in [-0.3, -0.25) is 4.98 Å². The summed E-state index contributed by atoms with van der Waals surface area (Å²) in [5.41, 5.74) is 3.39. The molecule has 1 unspecified atom stereocenters. The highest BCUT2D eigenvalue weighted by Gasteiger charge is 2.12. The lowest BCUT2D eigenvalue weighted by Crippen LogP contribution is -2.17. The van der Waals surface area contributed by atoms with Gasteiger partial charge in [0.05, 0.1) is 5.69 Å². The second-order valence-corrected chi connectivity index (χ2v) is 5.08. The van der Waals surface area contributed by atoms with Crippen molar-refractivity contribution in [2.24, 2.45) is 0 Å². The molecule has 0 spiro atoms. The van der Waals surface area contributed by atoms with Gasteiger partial charge in [-0.05, 0) is 31.5 Å². The van der Waals surface area contributed by atoms with E-state index in [-0.39, 0.29) is 0 Å². The van der Waals surface area contributed by atoms with E-state index in [1.54, 1.807) is 11.3 Å². The molecule has 0 amide bonds. The van der Waals surface area contributed by atoms with Gasteiger partial charge in [0.2, 0.25) is 0 Å². The van der Waals surface area contributed by atoms with E-state index in [2.05, 4.69) is 42.5 Å². The molecule has 18 heavy (non-hydrogen) atoms. The summed E-state index contributed by atoms with van der Waals surface area (Å²) in [4.78, 5) is 9.17. The molecule has 0 aliphatic rings. The molecule has 0 aromatic carbocycles. The SMILES string of the molecule is CCNC(C)c1csc(-c2ncccc2CC)n1. The van der Waals surface area contributed by atoms with Crippen LogP contribution >= 0.6 is 11.3 Å². The van der Waals surface area contributed by atoms with Crippen molar-refractivity contribution in [3.8, 4) is 10.7 Å². The van der Waals surface area contributed by atoms with Crippen molar-refractivity contribution in [1.82, 2.24) is 15.3 Å². The molecule has 0 radical (unpaired) electrons. The van der Waals surface area contributed by atoms with Crippen LogP contribution in [0, 0.1) is 0 Å². The van der Waals surface area contributed by atoms with Crippen LogP contribution in [0.15, 0.2) is 23.7 Å². The highest BCUT2D eigenvalue weighted by molar-refractivity contribution is 7.13. The minimum Gasteiger partial charge on any atom is -0.309 e. The van der Waals surface area contributed by atoms with Crippen molar-refractivity contribution in [1.29, 1.82) is 0 Å². The molecule has 4 heteroatoms. The quantitative estimate of drug-likeness (QED) is 0.896. The summed E-state index contributed by atoms with van der Waals surface area (Å²) in [5, 5.41) is 6.52. The summed E-state index contributed by atoms with van der Waals surface area (Å²) in [6.07, 6.45) is 2.82. The topological polar surface area (TPSA) is 37.8 Å². The van der Waals surface area contributed by atoms with Crippen LogP contribution in [0.4, 0.5) is 0 Å². The first kappa shape index (κ1) is 13.2. The molecule has 2 rings (SSSR count). The molecule has 0 aliphatic heterocycles. The number of thiazole rings is 1.